The minimum absolute atomic E-state index is 0.0682. The first-order chi connectivity index (χ1) is 11.8. The monoisotopic (exact) mass is 386 g/mol. The molecule has 130 valence electrons. The number of thiazole rings is 1. The van der Waals surface area contributed by atoms with Gasteiger partial charge in [-0.3, -0.25) is 10.1 Å². The number of nitrogens with zero attached hydrogens (tertiary/aromatic N) is 1. The standard InChI is InChI=1S/C15H9F3N2O3S2/c16-9-3-6-11-12(7-9)24-15(19-11)20-13(21)8-1-4-10(5-2-8)25(22,23)14(17)18/h1-7,14H,(H,19,20,21). The van der Waals surface area contributed by atoms with Crippen LogP contribution in [-0.4, -0.2) is 25.1 Å². The summed E-state index contributed by atoms with van der Waals surface area (Å²) < 4.78 is 61.3. The summed E-state index contributed by atoms with van der Waals surface area (Å²) in [5.74, 6) is -4.55. The fraction of sp³-hybridized carbons (Fsp3) is 0.0667. The van der Waals surface area contributed by atoms with Crippen LogP contribution in [0.15, 0.2) is 47.4 Å². The van der Waals surface area contributed by atoms with E-state index in [9.17, 15) is 26.4 Å². The Kier molecular flexibility index (Phi) is 4.48. The summed E-state index contributed by atoms with van der Waals surface area (Å²) >= 11 is 1.07. The first kappa shape index (κ1) is 17.4. The Morgan fingerprint density at radius 3 is 2.44 bits per heavy atom. The Morgan fingerprint density at radius 2 is 1.80 bits per heavy atom. The Balaban J connectivity index is 1.81. The maximum atomic E-state index is 13.2. The van der Waals surface area contributed by atoms with Crippen LogP contribution in [0.25, 0.3) is 10.2 Å². The van der Waals surface area contributed by atoms with Crippen molar-refractivity contribution in [1.82, 2.24) is 4.98 Å². The van der Waals surface area contributed by atoms with E-state index in [1.807, 2.05) is 0 Å². The third-order valence-corrected chi connectivity index (χ3v) is 5.58. The second-order valence-corrected chi connectivity index (χ2v) is 7.86. The molecule has 1 amide bonds. The zero-order chi connectivity index (χ0) is 18.2. The van der Waals surface area contributed by atoms with Gasteiger partial charge in [0.2, 0.25) is 9.84 Å². The SMILES string of the molecule is O=C(Nc1nc2ccc(F)cc2s1)c1ccc(S(=O)(=O)C(F)F)cc1. The zero-order valence-corrected chi connectivity index (χ0v) is 13.9. The second-order valence-electron chi connectivity index (χ2n) is 4.92. The fourth-order valence-corrected chi connectivity index (χ4v) is 3.63. The van der Waals surface area contributed by atoms with Gasteiger partial charge in [-0.25, -0.2) is 17.8 Å². The van der Waals surface area contributed by atoms with Crippen molar-refractivity contribution in [2.75, 3.05) is 5.32 Å². The van der Waals surface area contributed by atoms with Crippen LogP contribution in [-0.2, 0) is 9.84 Å². The first-order valence-electron chi connectivity index (χ1n) is 6.77. The summed E-state index contributed by atoms with van der Waals surface area (Å²) in [5.41, 5.74) is 0.582. The van der Waals surface area contributed by atoms with Gasteiger partial charge in [-0.2, -0.15) is 8.78 Å². The number of benzene rings is 2. The van der Waals surface area contributed by atoms with Gasteiger partial charge in [-0.05, 0) is 42.5 Å². The number of rotatable bonds is 4. The molecule has 10 heteroatoms. The van der Waals surface area contributed by atoms with Crippen LogP contribution in [0.4, 0.5) is 18.3 Å². The molecule has 3 aromatic rings. The molecule has 1 N–H and O–H groups in total. The normalized spacial score (nSPS) is 11.8. The van der Waals surface area contributed by atoms with Crippen LogP contribution < -0.4 is 5.32 Å². The molecule has 0 atom stereocenters. The Bertz CT molecular complexity index is 1050. The number of amides is 1. The number of hydrogen-bond acceptors (Lipinski definition) is 5. The summed E-state index contributed by atoms with van der Waals surface area (Å²) in [6, 6.07) is 8.12. The van der Waals surface area contributed by atoms with Crippen molar-refractivity contribution in [2.45, 2.75) is 10.7 Å². The molecule has 0 spiro atoms. The molecule has 0 unspecified atom stereocenters. The third-order valence-electron chi connectivity index (χ3n) is 3.25. The Labute approximate surface area is 144 Å². The van der Waals surface area contributed by atoms with Crippen molar-refractivity contribution in [3.8, 4) is 0 Å². The highest BCUT2D eigenvalue weighted by Crippen LogP contribution is 2.27. The number of halogens is 3. The van der Waals surface area contributed by atoms with E-state index >= 15 is 0 Å². The van der Waals surface area contributed by atoms with E-state index in [4.69, 9.17) is 0 Å². The van der Waals surface area contributed by atoms with Gasteiger partial charge in [-0.1, -0.05) is 11.3 Å². The van der Waals surface area contributed by atoms with Gasteiger partial charge in [0.25, 0.3) is 5.91 Å². The minimum atomic E-state index is -4.71. The lowest BCUT2D eigenvalue weighted by Crippen LogP contribution is -2.14. The lowest BCUT2D eigenvalue weighted by molar-refractivity contribution is 0.102. The largest absolute Gasteiger partial charge is 0.341 e. The van der Waals surface area contributed by atoms with Gasteiger partial charge in [0.05, 0.1) is 15.1 Å². The van der Waals surface area contributed by atoms with Gasteiger partial charge in [0, 0.05) is 5.56 Å². The number of alkyl halides is 2. The number of aromatic nitrogens is 1. The number of anilines is 1. The van der Waals surface area contributed by atoms with Gasteiger partial charge in [0.15, 0.2) is 5.13 Å². The highest BCUT2D eigenvalue weighted by atomic mass is 32.2. The molecule has 1 aromatic heterocycles. The molecule has 25 heavy (non-hydrogen) atoms. The molecular formula is C15H9F3N2O3S2. The van der Waals surface area contributed by atoms with Gasteiger partial charge in [-0.15, -0.1) is 0 Å². The summed E-state index contributed by atoms with van der Waals surface area (Å²) in [5, 5.41) is 2.73. The van der Waals surface area contributed by atoms with Gasteiger partial charge in [0.1, 0.15) is 5.82 Å². The van der Waals surface area contributed by atoms with Crippen molar-refractivity contribution in [3.63, 3.8) is 0 Å². The van der Waals surface area contributed by atoms with E-state index in [-0.39, 0.29) is 10.7 Å². The molecule has 5 nitrogen and oxygen atoms in total. The molecule has 0 saturated heterocycles. The number of carbonyl (C=O) groups excluding carboxylic acids is 1. The van der Waals surface area contributed by atoms with Crippen LogP contribution in [0, 0.1) is 5.82 Å². The molecule has 0 aliphatic carbocycles. The molecule has 3 rings (SSSR count). The minimum Gasteiger partial charge on any atom is -0.298 e. The lowest BCUT2D eigenvalue weighted by Gasteiger charge is -2.05. The van der Waals surface area contributed by atoms with Gasteiger partial charge < -0.3 is 0 Å². The third kappa shape index (κ3) is 3.49. The van der Waals surface area contributed by atoms with E-state index in [0.29, 0.717) is 10.2 Å². The summed E-state index contributed by atoms with van der Waals surface area (Å²) in [4.78, 5) is 15.7. The maximum absolute atomic E-state index is 13.2. The topological polar surface area (TPSA) is 76.1 Å². The highest BCUT2D eigenvalue weighted by Gasteiger charge is 2.26. The van der Waals surface area contributed by atoms with Crippen LogP contribution >= 0.6 is 11.3 Å². The summed E-state index contributed by atoms with van der Waals surface area (Å²) in [7, 11) is -4.71. The molecule has 0 aliphatic heterocycles. The van der Waals surface area contributed by atoms with Crippen molar-refractivity contribution in [1.29, 1.82) is 0 Å². The predicted octanol–water partition coefficient (Wildman–Crippen LogP) is 3.68. The molecule has 0 bridgehead atoms. The van der Waals surface area contributed by atoms with Crippen LogP contribution in [0.5, 0.6) is 0 Å². The van der Waals surface area contributed by atoms with Crippen molar-refractivity contribution in [3.05, 3.63) is 53.8 Å². The predicted molar refractivity (Wildman–Crippen MR) is 87.2 cm³/mol. The molecule has 2 aromatic carbocycles. The smallest absolute Gasteiger partial charge is 0.298 e. The lowest BCUT2D eigenvalue weighted by atomic mass is 10.2. The molecule has 0 saturated carbocycles. The summed E-state index contributed by atoms with van der Waals surface area (Å²) in [6.07, 6.45) is 0. The first-order valence-corrected chi connectivity index (χ1v) is 9.13. The highest BCUT2D eigenvalue weighted by molar-refractivity contribution is 7.91. The Hall–Kier alpha value is -2.46. The molecule has 1 heterocycles. The van der Waals surface area contributed by atoms with E-state index in [2.05, 4.69) is 10.3 Å². The van der Waals surface area contributed by atoms with Gasteiger partial charge >= 0.3 is 5.76 Å². The maximum Gasteiger partial charge on any atom is 0.341 e. The second kappa shape index (κ2) is 6.45. The van der Waals surface area contributed by atoms with E-state index < -0.39 is 32.2 Å². The molecule has 0 radical (unpaired) electrons. The fourth-order valence-electron chi connectivity index (χ4n) is 2.02. The zero-order valence-electron chi connectivity index (χ0n) is 12.2. The van der Waals surface area contributed by atoms with Crippen molar-refractivity contribution in [2.24, 2.45) is 0 Å². The summed E-state index contributed by atoms with van der Waals surface area (Å²) in [6.45, 7) is 0. The van der Waals surface area contributed by atoms with Crippen molar-refractivity contribution >= 4 is 42.4 Å². The van der Waals surface area contributed by atoms with E-state index in [0.717, 1.165) is 35.6 Å². The van der Waals surface area contributed by atoms with Crippen LogP contribution in [0.1, 0.15) is 10.4 Å². The number of fused-ring (bicyclic) bond motifs is 1. The molecule has 0 aliphatic rings. The number of hydrogen-bond donors (Lipinski definition) is 1. The number of sulfone groups is 1. The number of carbonyl (C=O) groups is 1. The van der Waals surface area contributed by atoms with E-state index in [1.54, 1.807) is 0 Å². The Morgan fingerprint density at radius 1 is 1.12 bits per heavy atom. The molecule has 0 fully saturated rings. The van der Waals surface area contributed by atoms with Crippen LogP contribution in [0.3, 0.4) is 0 Å². The average molecular weight is 386 g/mol. The van der Waals surface area contributed by atoms with E-state index in [1.165, 1.54) is 18.2 Å². The van der Waals surface area contributed by atoms with Crippen LogP contribution in [0.2, 0.25) is 0 Å². The van der Waals surface area contributed by atoms with Crippen molar-refractivity contribution < 1.29 is 26.4 Å². The number of nitrogens with one attached hydrogen (secondary N) is 1. The molecular weight excluding hydrogens is 377 g/mol. The quantitative estimate of drug-likeness (QED) is 0.742. The average Bonchev–Trinajstić information content (AvgIpc) is 2.96.